The number of hydrogen-bond donors (Lipinski definition) is 2. The standard InChI is InChI=1S/C12H11BrF2N4O/c1-19-5-6(4-17-19)11(16)12(20)18-10-3-8(14)7(13)2-9(10)15/h2-5,11H,16H2,1H3,(H,18,20). The minimum absolute atomic E-state index is 0.0236. The van der Waals surface area contributed by atoms with Crippen LogP contribution in [0.5, 0.6) is 0 Å². The Morgan fingerprint density at radius 3 is 2.75 bits per heavy atom. The van der Waals surface area contributed by atoms with Gasteiger partial charge in [-0.1, -0.05) is 0 Å². The average Bonchev–Trinajstić information content (AvgIpc) is 2.81. The highest BCUT2D eigenvalue weighted by molar-refractivity contribution is 9.10. The molecule has 2 aromatic rings. The van der Waals surface area contributed by atoms with E-state index >= 15 is 0 Å². The summed E-state index contributed by atoms with van der Waals surface area (Å²) in [6, 6.07) is 0.795. The third-order valence-electron chi connectivity index (χ3n) is 2.63. The van der Waals surface area contributed by atoms with Gasteiger partial charge in [0, 0.05) is 24.9 Å². The smallest absolute Gasteiger partial charge is 0.246 e. The number of carbonyl (C=O) groups is 1. The monoisotopic (exact) mass is 344 g/mol. The fraction of sp³-hybridized carbons (Fsp3) is 0.167. The van der Waals surface area contributed by atoms with Crippen molar-refractivity contribution in [2.75, 3.05) is 5.32 Å². The lowest BCUT2D eigenvalue weighted by Gasteiger charge is -2.11. The van der Waals surface area contributed by atoms with Crippen LogP contribution in [0.25, 0.3) is 0 Å². The van der Waals surface area contributed by atoms with Gasteiger partial charge in [-0.05, 0) is 22.0 Å². The first-order valence-corrected chi connectivity index (χ1v) is 6.37. The van der Waals surface area contributed by atoms with Crippen molar-refractivity contribution >= 4 is 27.5 Å². The summed E-state index contributed by atoms with van der Waals surface area (Å²) in [7, 11) is 1.68. The molecular formula is C12H11BrF2N4O. The van der Waals surface area contributed by atoms with Gasteiger partial charge in [0.15, 0.2) is 0 Å². The van der Waals surface area contributed by atoms with Crippen LogP contribution in [-0.4, -0.2) is 15.7 Å². The van der Waals surface area contributed by atoms with Gasteiger partial charge in [-0.3, -0.25) is 9.48 Å². The van der Waals surface area contributed by atoms with Crippen molar-refractivity contribution in [3.63, 3.8) is 0 Å². The molecule has 0 fully saturated rings. The van der Waals surface area contributed by atoms with Gasteiger partial charge >= 0.3 is 0 Å². The summed E-state index contributed by atoms with van der Waals surface area (Å²) in [5, 5.41) is 6.14. The van der Waals surface area contributed by atoms with E-state index in [2.05, 4.69) is 26.3 Å². The number of nitrogens with zero attached hydrogens (tertiary/aromatic N) is 2. The van der Waals surface area contributed by atoms with Crippen LogP contribution in [0.2, 0.25) is 0 Å². The molecule has 1 aromatic carbocycles. The van der Waals surface area contributed by atoms with Crippen molar-refractivity contribution in [1.29, 1.82) is 0 Å². The van der Waals surface area contributed by atoms with E-state index in [1.165, 1.54) is 10.9 Å². The fourth-order valence-corrected chi connectivity index (χ4v) is 1.90. The minimum Gasteiger partial charge on any atom is -0.322 e. The number of hydrogen-bond acceptors (Lipinski definition) is 3. The van der Waals surface area contributed by atoms with E-state index in [1.54, 1.807) is 13.2 Å². The number of nitrogens with one attached hydrogen (secondary N) is 1. The normalized spacial score (nSPS) is 12.2. The Morgan fingerprint density at radius 1 is 1.45 bits per heavy atom. The predicted molar refractivity (Wildman–Crippen MR) is 72.8 cm³/mol. The van der Waals surface area contributed by atoms with Crippen molar-refractivity contribution in [3.8, 4) is 0 Å². The highest BCUT2D eigenvalue weighted by Gasteiger charge is 2.19. The molecule has 1 heterocycles. The molecule has 2 rings (SSSR count). The zero-order valence-electron chi connectivity index (χ0n) is 10.4. The van der Waals surface area contributed by atoms with Gasteiger partial charge in [0.1, 0.15) is 17.7 Å². The van der Waals surface area contributed by atoms with Gasteiger partial charge in [-0.15, -0.1) is 0 Å². The molecule has 5 nitrogen and oxygen atoms in total. The zero-order chi connectivity index (χ0) is 14.9. The van der Waals surface area contributed by atoms with Crippen LogP contribution in [-0.2, 0) is 11.8 Å². The highest BCUT2D eigenvalue weighted by atomic mass is 79.9. The van der Waals surface area contributed by atoms with Gasteiger partial charge in [0.05, 0.1) is 16.4 Å². The van der Waals surface area contributed by atoms with Crippen molar-refractivity contribution in [1.82, 2.24) is 9.78 Å². The number of anilines is 1. The molecule has 8 heteroatoms. The molecule has 1 aromatic heterocycles. The Hall–Kier alpha value is -1.80. The number of aromatic nitrogens is 2. The number of halogens is 3. The Morgan fingerprint density at radius 2 is 2.15 bits per heavy atom. The van der Waals surface area contributed by atoms with Gasteiger partial charge in [-0.2, -0.15) is 5.10 Å². The first-order valence-electron chi connectivity index (χ1n) is 5.58. The van der Waals surface area contributed by atoms with Crippen LogP contribution in [0, 0.1) is 11.6 Å². The number of rotatable bonds is 3. The number of amides is 1. The molecule has 20 heavy (non-hydrogen) atoms. The van der Waals surface area contributed by atoms with E-state index in [0.29, 0.717) is 5.56 Å². The second kappa shape index (κ2) is 5.68. The van der Waals surface area contributed by atoms with E-state index in [0.717, 1.165) is 12.1 Å². The summed E-state index contributed by atoms with van der Waals surface area (Å²) in [6.45, 7) is 0. The SMILES string of the molecule is Cn1cc(C(N)C(=O)Nc2cc(F)c(Br)cc2F)cn1. The predicted octanol–water partition coefficient (Wildman–Crippen LogP) is 2.10. The van der Waals surface area contributed by atoms with E-state index in [-0.39, 0.29) is 10.2 Å². The number of carbonyl (C=O) groups excluding carboxylic acids is 1. The van der Waals surface area contributed by atoms with Crippen LogP contribution in [0.4, 0.5) is 14.5 Å². The summed E-state index contributed by atoms with van der Waals surface area (Å²) < 4.78 is 28.4. The minimum atomic E-state index is -1.02. The van der Waals surface area contributed by atoms with Crippen LogP contribution in [0.15, 0.2) is 29.0 Å². The van der Waals surface area contributed by atoms with E-state index in [9.17, 15) is 13.6 Å². The van der Waals surface area contributed by atoms with E-state index in [1.807, 2.05) is 0 Å². The highest BCUT2D eigenvalue weighted by Crippen LogP contribution is 2.24. The van der Waals surface area contributed by atoms with Crippen molar-refractivity contribution in [2.45, 2.75) is 6.04 Å². The molecule has 0 aliphatic heterocycles. The van der Waals surface area contributed by atoms with Crippen molar-refractivity contribution < 1.29 is 13.6 Å². The summed E-state index contributed by atoms with van der Waals surface area (Å²) >= 11 is 2.85. The maximum Gasteiger partial charge on any atom is 0.246 e. The number of benzene rings is 1. The summed E-state index contributed by atoms with van der Waals surface area (Å²) in [5.74, 6) is -2.10. The van der Waals surface area contributed by atoms with Gasteiger partial charge in [-0.25, -0.2) is 8.78 Å². The molecule has 0 spiro atoms. The molecule has 0 bridgehead atoms. The number of aryl methyl sites for hydroxylation is 1. The van der Waals surface area contributed by atoms with Crippen molar-refractivity contribution in [3.05, 3.63) is 46.2 Å². The van der Waals surface area contributed by atoms with Crippen LogP contribution >= 0.6 is 15.9 Å². The lowest BCUT2D eigenvalue weighted by Crippen LogP contribution is -2.27. The molecule has 1 amide bonds. The molecular weight excluding hydrogens is 334 g/mol. The van der Waals surface area contributed by atoms with Crippen LogP contribution in [0.1, 0.15) is 11.6 Å². The average molecular weight is 345 g/mol. The van der Waals surface area contributed by atoms with Gasteiger partial charge in [0.2, 0.25) is 5.91 Å². The Kier molecular flexibility index (Phi) is 4.15. The summed E-state index contributed by atoms with van der Waals surface area (Å²) in [6.07, 6.45) is 3.01. The Bertz CT molecular complexity index is 659. The zero-order valence-corrected chi connectivity index (χ0v) is 12.0. The molecule has 1 unspecified atom stereocenters. The van der Waals surface area contributed by atoms with Gasteiger partial charge in [0.25, 0.3) is 0 Å². The largest absolute Gasteiger partial charge is 0.322 e. The lowest BCUT2D eigenvalue weighted by atomic mass is 10.1. The first-order chi connectivity index (χ1) is 9.38. The quantitative estimate of drug-likeness (QED) is 0.837. The lowest BCUT2D eigenvalue weighted by molar-refractivity contribution is -0.117. The van der Waals surface area contributed by atoms with Crippen LogP contribution < -0.4 is 11.1 Å². The second-order valence-corrected chi connectivity index (χ2v) is 5.01. The molecule has 1 atom stereocenters. The third-order valence-corrected chi connectivity index (χ3v) is 3.24. The Balaban J connectivity index is 2.17. The van der Waals surface area contributed by atoms with Crippen molar-refractivity contribution in [2.24, 2.45) is 12.8 Å². The first kappa shape index (κ1) is 14.6. The third kappa shape index (κ3) is 3.02. The maximum absolute atomic E-state index is 13.6. The van der Waals surface area contributed by atoms with Crippen LogP contribution in [0.3, 0.4) is 0 Å². The molecule has 3 N–H and O–H groups in total. The summed E-state index contributed by atoms with van der Waals surface area (Å²) in [5.41, 5.74) is 5.93. The summed E-state index contributed by atoms with van der Waals surface area (Å²) in [4.78, 5) is 11.9. The van der Waals surface area contributed by atoms with Gasteiger partial charge < -0.3 is 11.1 Å². The Labute approximate surface area is 121 Å². The molecule has 0 saturated carbocycles. The van der Waals surface area contributed by atoms with E-state index < -0.39 is 23.6 Å². The number of nitrogens with two attached hydrogens (primary N) is 1. The molecule has 0 radical (unpaired) electrons. The molecule has 0 saturated heterocycles. The van der Waals surface area contributed by atoms with E-state index in [4.69, 9.17) is 5.73 Å². The topological polar surface area (TPSA) is 72.9 Å². The molecule has 0 aliphatic rings. The maximum atomic E-state index is 13.6. The molecule has 0 aliphatic carbocycles. The molecule has 106 valence electrons. The fourth-order valence-electron chi connectivity index (χ4n) is 1.58. The second-order valence-electron chi connectivity index (χ2n) is 4.16.